The van der Waals surface area contributed by atoms with E-state index < -0.39 is 0 Å². The third-order valence-electron chi connectivity index (χ3n) is 3.55. The molecule has 2 aromatic carbocycles. The lowest BCUT2D eigenvalue weighted by atomic mass is 10.2. The van der Waals surface area contributed by atoms with Gasteiger partial charge in [-0.25, -0.2) is 5.43 Å². The summed E-state index contributed by atoms with van der Waals surface area (Å²) in [4.78, 5) is 12.0. The molecular weight excluding hydrogens is 322 g/mol. The molecule has 120 valence electrons. The highest BCUT2D eigenvalue weighted by atomic mass is 35.5. The first kappa shape index (κ1) is 16.0. The zero-order chi connectivity index (χ0) is 16.9. The fourth-order valence-corrected chi connectivity index (χ4v) is 2.49. The number of hydrogen-bond acceptors (Lipinski definition) is 2. The van der Waals surface area contributed by atoms with Gasteiger partial charge < -0.3 is 4.57 Å². The molecule has 0 aliphatic carbocycles. The molecule has 0 aliphatic heterocycles. The summed E-state index contributed by atoms with van der Waals surface area (Å²) >= 11 is 5.80. The van der Waals surface area contributed by atoms with Crippen LogP contribution in [0.1, 0.15) is 21.6 Å². The Bertz CT molecular complexity index is 867. The first-order valence-electron chi connectivity index (χ1n) is 7.47. The first-order chi connectivity index (χ1) is 11.6. The van der Waals surface area contributed by atoms with Gasteiger partial charge in [0.25, 0.3) is 5.91 Å². The predicted molar refractivity (Wildman–Crippen MR) is 97.0 cm³/mol. The Kier molecular flexibility index (Phi) is 4.77. The number of para-hydroxylation sites is 1. The number of aromatic nitrogens is 1. The molecule has 1 heterocycles. The summed E-state index contributed by atoms with van der Waals surface area (Å²) in [5.74, 6) is -0.276. The van der Waals surface area contributed by atoms with Gasteiger partial charge in [-0.1, -0.05) is 29.8 Å². The van der Waals surface area contributed by atoms with Gasteiger partial charge in [0.15, 0.2) is 0 Å². The molecule has 3 rings (SSSR count). The molecular formula is C19H16ClN3O. The Morgan fingerprint density at radius 2 is 1.83 bits per heavy atom. The lowest BCUT2D eigenvalue weighted by Gasteiger charge is -2.04. The van der Waals surface area contributed by atoms with Gasteiger partial charge in [-0.3, -0.25) is 4.79 Å². The fraction of sp³-hybridized carbons (Fsp3) is 0.0526. The van der Waals surface area contributed by atoms with E-state index in [4.69, 9.17) is 11.6 Å². The van der Waals surface area contributed by atoms with Crippen molar-refractivity contribution in [3.05, 3.63) is 88.7 Å². The monoisotopic (exact) mass is 337 g/mol. The van der Waals surface area contributed by atoms with E-state index in [1.54, 1.807) is 30.5 Å². The molecule has 0 unspecified atom stereocenters. The topological polar surface area (TPSA) is 46.4 Å². The number of carbonyl (C=O) groups is 1. The van der Waals surface area contributed by atoms with Crippen LogP contribution in [0.15, 0.2) is 72.0 Å². The number of rotatable bonds is 4. The van der Waals surface area contributed by atoms with Gasteiger partial charge in [0.1, 0.15) is 0 Å². The smallest absolute Gasteiger partial charge is 0.271 e. The second-order valence-corrected chi connectivity index (χ2v) is 5.76. The van der Waals surface area contributed by atoms with Crippen molar-refractivity contribution >= 4 is 23.7 Å². The van der Waals surface area contributed by atoms with Crippen molar-refractivity contribution < 1.29 is 4.79 Å². The van der Waals surface area contributed by atoms with Crippen LogP contribution in [-0.2, 0) is 0 Å². The predicted octanol–water partition coefficient (Wildman–Crippen LogP) is 4.20. The standard InChI is InChI=1S/C19H16ClN3O/c1-14-11-15(13-23(14)18-5-3-2-4-6-18)12-21-22-19(24)16-7-9-17(20)10-8-16/h2-13H,1H3,(H,22,24)/b21-12-. The third-order valence-corrected chi connectivity index (χ3v) is 3.81. The van der Waals surface area contributed by atoms with Crippen molar-refractivity contribution in [3.8, 4) is 5.69 Å². The molecule has 0 radical (unpaired) electrons. The van der Waals surface area contributed by atoms with Crippen LogP contribution in [0.3, 0.4) is 0 Å². The minimum Gasteiger partial charge on any atom is -0.321 e. The van der Waals surface area contributed by atoms with Gasteiger partial charge in [-0.05, 0) is 49.4 Å². The van der Waals surface area contributed by atoms with Gasteiger partial charge in [-0.2, -0.15) is 5.10 Å². The van der Waals surface area contributed by atoms with Gasteiger partial charge in [-0.15, -0.1) is 0 Å². The molecule has 0 saturated carbocycles. The zero-order valence-electron chi connectivity index (χ0n) is 13.1. The summed E-state index contributed by atoms with van der Waals surface area (Å²) < 4.78 is 2.07. The average Bonchev–Trinajstić information content (AvgIpc) is 2.97. The van der Waals surface area contributed by atoms with Gasteiger partial charge in [0.2, 0.25) is 0 Å². The average molecular weight is 338 g/mol. The van der Waals surface area contributed by atoms with Crippen LogP contribution in [-0.4, -0.2) is 16.7 Å². The van der Waals surface area contributed by atoms with Crippen molar-refractivity contribution in [3.63, 3.8) is 0 Å². The maximum absolute atomic E-state index is 12.0. The molecule has 3 aromatic rings. The Hall–Kier alpha value is -2.85. The van der Waals surface area contributed by atoms with Crippen LogP contribution < -0.4 is 5.43 Å². The minimum atomic E-state index is -0.276. The molecule has 0 atom stereocenters. The second-order valence-electron chi connectivity index (χ2n) is 5.33. The van der Waals surface area contributed by atoms with Gasteiger partial charge in [0.05, 0.1) is 6.21 Å². The Labute approximate surface area is 145 Å². The summed E-state index contributed by atoms with van der Waals surface area (Å²) in [6.07, 6.45) is 3.60. The molecule has 0 aliphatic rings. The van der Waals surface area contributed by atoms with Crippen LogP contribution in [0, 0.1) is 6.92 Å². The minimum absolute atomic E-state index is 0.276. The first-order valence-corrected chi connectivity index (χ1v) is 7.85. The van der Waals surface area contributed by atoms with E-state index in [2.05, 4.69) is 15.1 Å². The molecule has 4 nitrogen and oxygen atoms in total. The lowest BCUT2D eigenvalue weighted by molar-refractivity contribution is 0.0955. The normalized spacial score (nSPS) is 10.9. The van der Waals surface area contributed by atoms with Crippen LogP contribution >= 0.6 is 11.6 Å². The van der Waals surface area contributed by atoms with Crippen molar-refractivity contribution in [2.75, 3.05) is 0 Å². The number of benzene rings is 2. The second kappa shape index (κ2) is 7.15. The molecule has 24 heavy (non-hydrogen) atoms. The molecule has 0 fully saturated rings. The van der Waals surface area contributed by atoms with Crippen molar-refractivity contribution in [2.24, 2.45) is 5.10 Å². The summed E-state index contributed by atoms with van der Waals surface area (Å²) in [5.41, 5.74) is 6.11. The zero-order valence-corrected chi connectivity index (χ0v) is 13.9. The largest absolute Gasteiger partial charge is 0.321 e. The quantitative estimate of drug-likeness (QED) is 0.562. The van der Waals surface area contributed by atoms with Gasteiger partial charge >= 0.3 is 0 Å². The van der Waals surface area contributed by atoms with Crippen LogP contribution in [0.25, 0.3) is 5.69 Å². The molecule has 0 spiro atoms. The van der Waals surface area contributed by atoms with Crippen molar-refractivity contribution in [1.29, 1.82) is 0 Å². The maximum Gasteiger partial charge on any atom is 0.271 e. The number of halogens is 1. The highest BCUT2D eigenvalue weighted by Gasteiger charge is 2.04. The van der Waals surface area contributed by atoms with E-state index in [9.17, 15) is 4.79 Å². The number of nitrogens with one attached hydrogen (secondary N) is 1. The SMILES string of the molecule is Cc1cc(/C=N\NC(=O)c2ccc(Cl)cc2)cn1-c1ccccc1. The van der Waals surface area contributed by atoms with E-state index in [0.717, 1.165) is 16.9 Å². The van der Waals surface area contributed by atoms with Crippen LogP contribution in [0.5, 0.6) is 0 Å². The molecule has 1 aromatic heterocycles. The van der Waals surface area contributed by atoms with E-state index in [-0.39, 0.29) is 5.91 Å². The molecule has 5 heteroatoms. The summed E-state index contributed by atoms with van der Waals surface area (Å²) in [5, 5.41) is 4.61. The number of hydrogen-bond donors (Lipinski definition) is 1. The van der Waals surface area contributed by atoms with Gasteiger partial charge in [0, 0.05) is 33.7 Å². The van der Waals surface area contributed by atoms with E-state index in [1.807, 2.05) is 49.5 Å². The Balaban J connectivity index is 1.69. The maximum atomic E-state index is 12.0. The molecule has 0 saturated heterocycles. The summed E-state index contributed by atoms with van der Waals surface area (Å²) in [7, 11) is 0. The van der Waals surface area contributed by atoms with E-state index >= 15 is 0 Å². The van der Waals surface area contributed by atoms with Crippen LogP contribution in [0.4, 0.5) is 0 Å². The van der Waals surface area contributed by atoms with Crippen LogP contribution in [0.2, 0.25) is 5.02 Å². The molecule has 1 amide bonds. The number of carbonyl (C=O) groups excluding carboxylic acids is 1. The number of aryl methyl sites for hydroxylation is 1. The van der Waals surface area contributed by atoms with Crippen molar-refractivity contribution in [2.45, 2.75) is 6.92 Å². The number of nitrogens with zero attached hydrogens (tertiary/aromatic N) is 2. The Morgan fingerprint density at radius 3 is 2.54 bits per heavy atom. The van der Waals surface area contributed by atoms with Crippen molar-refractivity contribution in [1.82, 2.24) is 9.99 Å². The molecule has 0 bridgehead atoms. The highest BCUT2D eigenvalue weighted by Crippen LogP contribution is 2.14. The third kappa shape index (κ3) is 3.73. The summed E-state index contributed by atoms with van der Waals surface area (Å²) in [6.45, 7) is 2.02. The Morgan fingerprint density at radius 1 is 1.12 bits per heavy atom. The summed E-state index contributed by atoms with van der Waals surface area (Å²) in [6, 6.07) is 18.7. The van der Waals surface area contributed by atoms with E-state index in [0.29, 0.717) is 10.6 Å². The molecule has 1 N–H and O–H groups in total. The lowest BCUT2D eigenvalue weighted by Crippen LogP contribution is -2.17. The fourth-order valence-electron chi connectivity index (χ4n) is 2.37. The number of amides is 1. The number of hydrazone groups is 1. The highest BCUT2D eigenvalue weighted by molar-refractivity contribution is 6.30. The van der Waals surface area contributed by atoms with E-state index in [1.165, 1.54) is 0 Å².